The van der Waals surface area contributed by atoms with Crippen LogP contribution in [0.25, 0.3) is 0 Å². The first-order valence-electron chi connectivity index (χ1n) is 4.41. The zero-order valence-corrected chi connectivity index (χ0v) is 7.73. The van der Waals surface area contributed by atoms with Gasteiger partial charge < -0.3 is 15.1 Å². The van der Waals surface area contributed by atoms with Gasteiger partial charge in [0.05, 0.1) is 25.3 Å². The molecule has 1 fully saturated rings. The van der Waals surface area contributed by atoms with Crippen LogP contribution in [0.15, 0.2) is 0 Å². The van der Waals surface area contributed by atoms with Crippen LogP contribution in [0, 0.1) is 0 Å². The topological polar surface area (TPSA) is 72.8 Å². The molecule has 1 unspecified atom stereocenters. The summed E-state index contributed by atoms with van der Waals surface area (Å²) in [6.45, 7) is 0.439. The lowest BCUT2D eigenvalue weighted by Gasteiger charge is -2.17. The summed E-state index contributed by atoms with van der Waals surface area (Å²) in [5, 5.41) is 20.5. The summed E-state index contributed by atoms with van der Waals surface area (Å²) >= 11 is 0. The molecule has 1 rings (SSSR count). The molecule has 3 N–H and O–H groups in total. The number of carbonyl (C=O) groups is 1. The molecule has 76 valence electrons. The number of carbonyl (C=O) groups excluding carboxylic acids is 1. The largest absolute Gasteiger partial charge is 0.395 e. The van der Waals surface area contributed by atoms with Crippen molar-refractivity contribution in [2.24, 2.45) is 0 Å². The zero-order chi connectivity index (χ0) is 9.84. The third-order valence-corrected chi connectivity index (χ3v) is 2.31. The SMILES string of the molecule is CN1CCC(NC(CO)CO)C1=O. The number of likely N-dealkylation sites (tertiary alicyclic amines) is 1. The minimum Gasteiger partial charge on any atom is -0.395 e. The van der Waals surface area contributed by atoms with E-state index in [0.717, 1.165) is 13.0 Å². The number of likely N-dealkylation sites (N-methyl/N-ethyl adjacent to an activating group) is 1. The fraction of sp³-hybridized carbons (Fsp3) is 0.875. The van der Waals surface area contributed by atoms with Crippen LogP contribution in [-0.4, -0.2) is 59.9 Å². The highest BCUT2D eigenvalue weighted by Crippen LogP contribution is 2.08. The van der Waals surface area contributed by atoms with Crippen molar-refractivity contribution in [3.05, 3.63) is 0 Å². The summed E-state index contributed by atoms with van der Waals surface area (Å²) in [4.78, 5) is 13.0. The van der Waals surface area contributed by atoms with E-state index in [2.05, 4.69) is 5.32 Å². The molecule has 1 aliphatic heterocycles. The summed E-state index contributed by atoms with van der Waals surface area (Å²) in [6, 6.07) is -0.630. The molecule has 0 aromatic heterocycles. The van der Waals surface area contributed by atoms with Gasteiger partial charge in [0.25, 0.3) is 0 Å². The van der Waals surface area contributed by atoms with Crippen molar-refractivity contribution in [3.63, 3.8) is 0 Å². The van der Waals surface area contributed by atoms with Crippen molar-refractivity contribution >= 4 is 5.91 Å². The summed E-state index contributed by atoms with van der Waals surface area (Å²) in [5.74, 6) is 0.0342. The fourth-order valence-electron chi connectivity index (χ4n) is 1.42. The second-order valence-corrected chi connectivity index (χ2v) is 3.33. The lowest BCUT2D eigenvalue weighted by molar-refractivity contribution is -0.128. The summed E-state index contributed by atoms with van der Waals surface area (Å²) in [6.07, 6.45) is 0.742. The minimum absolute atomic E-state index is 0.0342. The highest BCUT2D eigenvalue weighted by molar-refractivity contribution is 5.83. The molecular formula is C8H16N2O3. The first kappa shape index (κ1) is 10.4. The van der Waals surface area contributed by atoms with Crippen LogP contribution < -0.4 is 5.32 Å². The Kier molecular flexibility index (Phi) is 3.65. The summed E-state index contributed by atoms with van der Waals surface area (Å²) in [7, 11) is 1.75. The number of aliphatic hydroxyl groups excluding tert-OH is 2. The molecular weight excluding hydrogens is 172 g/mol. The van der Waals surface area contributed by atoms with E-state index >= 15 is 0 Å². The van der Waals surface area contributed by atoms with E-state index in [4.69, 9.17) is 10.2 Å². The Labute approximate surface area is 77.3 Å². The predicted octanol–water partition coefficient (Wildman–Crippen LogP) is -1.84. The normalized spacial score (nSPS) is 23.2. The second kappa shape index (κ2) is 4.55. The van der Waals surface area contributed by atoms with Gasteiger partial charge in [-0.1, -0.05) is 0 Å². The molecule has 0 aromatic rings. The number of hydrogen-bond acceptors (Lipinski definition) is 4. The van der Waals surface area contributed by atoms with Gasteiger partial charge in [0.15, 0.2) is 0 Å². The van der Waals surface area contributed by atoms with E-state index in [1.54, 1.807) is 11.9 Å². The molecule has 0 saturated carbocycles. The first-order chi connectivity index (χ1) is 6.19. The van der Waals surface area contributed by atoms with Crippen LogP contribution >= 0.6 is 0 Å². The molecule has 0 spiro atoms. The quantitative estimate of drug-likeness (QED) is 0.485. The molecule has 0 aromatic carbocycles. The maximum absolute atomic E-state index is 11.4. The van der Waals surface area contributed by atoms with Crippen LogP contribution in [0.1, 0.15) is 6.42 Å². The number of hydrogen-bond donors (Lipinski definition) is 3. The lowest BCUT2D eigenvalue weighted by Crippen LogP contribution is -2.46. The van der Waals surface area contributed by atoms with Crippen molar-refractivity contribution in [1.29, 1.82) is 0 Å². The Balaban J connectivity index is 2.41. The van der Waals surface area contributed by atoms with Crippen LogP contribution in [0.2, 0.25) is 0 Å². The Morgan fingerprint density at radius 3 is 2.62 bits per heavy atom. The molecule has 1 aliphatic rings. The smallest absolute Gasteiger partial charge is 0.239 e. The van der Waals surface area contributed by atoms with Gasteiger partial charge in [-0.2, -0.15) is 0 Å². The first-order valence-corrected chi connectivity index (χ1v) is 4.41. The average Bonchev–Trinajstić information content (AvgIpc) is 2.45. The van der Waals surface area contributed by atoms with Gasteiger partial charge in [0, 0.05) is 13.6 Å². The van der Waals surface area contributed by atoms with E-state index in [0.29, 0.717) is 0 Å². The van der Waals surface area contributed by atoms with Gasteiger partial charge >= 0.3 is 0 Å². The van der Waals surface area contributed by atoms with E-state index in [1.165, 1.54) is 0 Å². The lowest BCUT2D eigenvalue weighted by atomic mass is 10.2. The minimum atomic E-state index is -0.388. The average molecular weight is 188 g/mol. The van der Waals surface area contributed by atoms with Gasteiger partial charge in [-0.25, -0.2) is 0 Å². The molecule has 5 nitrogen and oxygen atoms in total. The number of rotatable bonds is 4. The molecule has 1 heterocycles. The van der Waals surface area contributed by atoms with Gasteiger partial charge in [-0.3, -0.25) is 10.1 Å². The van der Waals surface area contributed by atoms with Gasteiger partial charge in [0.1, 0.15) is 0 Å². The van der Waals surface area contributed by atoms with Gasteiger partial charge in [-0.05, 0) is 6.42 Å². The third kappa shape index (κ3) is 2.40. The van der Waals surface area contributed by atoms with E-state index < -0.39 is 0 Å². The standard InChI is InChI=1S/C8H16N2O3/c1-10-3-2-7(8(10)13)9-6(4-11)5-12/h6-7,9,11-12H,2-5H2,1H3. The van der Waals surface area contributed by atoms with Gasteiger partial charge in [0.2, 0.25) is 5.91 Å². The molecule has 13 heavy (non-hydrogen) atoms. The molecule has 0 bridgehead atoms. The highest BCUT2D eigenvalue weighted by Gasteiger charge is 2.30. The second-order valence-electron chi connectivity index (χ2n) is 3.33. The molecule has 1 saturated heterocycles. The van der Waals surface area contributed by atoms with Gasteiger partial charge in [-0.15, -0.1) is 0 Å². The van der Waals surface area contributed by atoms with E-state index in [-0.39, 0.29) is 31.2 Å². The highest BCUT2D eigenvalue weighted by atomic mass is 16.3. The van der Waals surface area contributed by atoms with Crippen LogP contribution in [0.3, 0.4) is 0 Å². The number of nitrogens with one attached hydrogen (secondary N) is 1. The monoisotopic (exact) mass is 188 g/mol. The van der Waals surface area contributed by atoms with Crippen LogP contribution in [-0.2, 0) is 4.79 Å². The van der Waals surface area contributed by atoms with Crippen molar-refractivity contribution in [3.8, 4) is 0 Å². The Morgan fingerprint density at radius 1 is 1.62 bits per heavy atom. The van der Waals surface area contributed by atoms with E-state index in [9.17, 15) is 4.79 Å². The van der Waals surface area contributed by atoms with Crippen molar-refractivity contribution in [2.45, 2.75) is 18.5 Å². The number of aliphatic hydroxyl groups is 2. The van der Waals surface area contributed by atoms with Crippen molar-refractivity contribution < 1.29 is 15.0 Å². The van der Waals surface area contributed by atoms with E-state index in [1.807, 2.05) is 0 Å². The maximum Gasteiger partial charge on any atom is 0.239 e. The molecule has 0 radical (unpaired) electrons. The molecule has 1 atom stereocenters. The Morgan fingerprint density at radius 2 is 2.23 bits per heavy atom. The zero-order valence-electron chi connectivity index (χ0n) is 7.73. The Hall–Kier alpha value is -0.650. The third-order valence-electron chi connectivity index (χ3n) is 2.31. The fourth-order valence-corrected chi connectivity index (χ4v) is 1.42. The molecule has 5 heteroatoms. The summed E-state index contributed by atoms with van der Waals surface area (Å²) in [5.41, 5.74) is 0. The molecule has 1 amide bonds. The van der Waals surface area contributed by atoms with Crippen molar-refractivity contribution in [1.82, 2.24) is 10.2 Å². The van der Waals surface area contributed by atoms with Crippen molar-refractivity contribution in [2.75, 3.05) is 26.8 Å². The maximum atomic E-state index is 11.4. The number of nitrogens with zero attached hydrogens (tertiary/aromatic N) is 1. The Bertz CT molecular complexity index is 182. The molecule has 0 aliphatic carbocycles. The van der Waals surface area contributed by atoms with Crippen LogP contribution in [0.5, 0.6) is 0 Å². The number of amides is 1. The summed E-state index contributed by atoms with van der Waals surface area (Å²) < 4.78 is 0. The predicted molar refractivity (Wildman–Crippen MR) is 47.1 cm³/mol. The van der Waals surface area contributed by atoms with Crippen LogP contribution in [0.4, 0.5) is 0 Å².